The summed E-state index contributed by atoms with van der Waals surface area (Å²) in [6, 6.07) is 8.60. The fourth-order valence-electron chi connectivity index (χ4n) is 3.07. The fraction of sp³-hybridized carbons (Fsp3) is 0.450. The summed E-state index contributed by atoms with van der Waals surface area (Å²) < 4.78 is 0. The number of amides is 1. The van der Waals surface area contributed by atoms with E-state index in [4.69, 9.17) is 0 Å². The summed E-state index contributed by atoms with van der Waals surface area (Å²) in [5.41, 5.74) is 3.06. The van der Waals surface area contributed by atoms with Gasteiger partial charge in [0.25, 0.3) is 5.91 Å². The fourth-order valence-corrected chi connectivity index (χ4v) is 3.07. The van der Waals surface area contributed by atoms with E-state index < -0.39 is 0 Å². The average molecular weight is 353 g/mol. The van der Waals surface area contributed by atoms with Gasteiger partial charge in [0.2, 0.25) is 5.95 Å². The first kappa shape index (κ1) is 18.2. The quantitative estimate of drug-likeness (QED) is 0.809. The van der Waals surface area contributed by atoms with Crippen LogP contribution in [0.3, 0.4) is 0 Å². The third-order valence-corrected chi connectivity index (χ3v) is 4.65. The van der Waals surface area contributed by atoms with Crippen LogP contribution in [0.25, 0.3) is 0 Å². The summed E-state index contributed by atoms with van der Waals surface area (Å²) in [7, 11) is 0. The van der Waals surface area contributed by atoms with E-state index >= 15 is 0 Å². The number of piperazine rings is 1. The molecule has 0 aliphatic carbocycles. The van der Waals surface area contributed by atoms with E-state index in [0.717, 1.165) is 39.0 Å². The molecule has 1 N–H and O–H groups in total. The lowest BCUT2D eigenvalue weighted by atomic mass is 10.2. The van der Waals surface area contributed by atoms with Crippen molar-refractivity contribution in [3.8, 4) is 0 Å². The van der Waals surface area contributed by atoms with Crippen LogP contribution in [0.4, 0.5) is 11.6 Å². The van der Waals surface area contributed by atoms with Gasteiger partial charge in [-0.3, -0.25) is 4.79 Å². The van der Waals surface area contributed by atoms with Crippen molar-refractivity contribution in [1.82, 2.24) is 15.3 Å². The Hall–Kier alpha value is -2.63. The first-order chi connectivity index (χ1) is 12.7. The molecule has 6 nitrogen and oxygen atoms in total. The molecule has 2 aromatic rings. The molecular formula is C20H27N5O. The Bertz CT molecular complexity index is 723. The van der Waals surface area contributed by atoms with E-state index in [1.54, 1.807) is 12.4 Å². The molecule has 0 spiro atoms. The Kier molecular flexibility index (Phi) is 6.04. The maximum absolute atomic E-state index is 12.0. The van der Waals surface area contributed by atoms with Crippen LogP contribution >= 0.6 is 0 Å². The van der Waals surface area contributed by atoms with Crippen LogP contribution in [0, 0.1) is 6.92 Å². The molecule has 1 aliphatic rings. The molecule has 1 aliphatic heterocycles. The average Bonchev–Trinajstić information content (AvgIpc) is 2.68. The lowest BCUT2D eigenvalue weighted by Crippen LogP contribution is -2.47. The predicted octanol–water partition coefficient (Wildman–Crippen LogP) is 2.64. The summed E-state index contributed by atoms with van der Waals surface area (Å²) in [6.07, 6.45) is 5.28. The standard InChI is InChI=1S/C20H27N5O/c1-3-4-8-21-19(26)17-14-22-20(23-15-17)25-11-9-24(10-12-25)18-7-5-6-16(2)13-18/h5-7,13-15H,3-4,8-12H2,1-2H3,(H,21,26). The van der Waals surface area contributed by atoms with E-state index in [2.05, 4.69) is 63.2 Å². The SMILES string of the molecule is CCCCNC(=O)c1cnc(N2CCN(c3cccc(C)c3)CC2)nc1. The van der Waals surface area contributed by atoms with Gasteiger partial charge in [-0.05, 0) is 31.0 Å². The number of carbonyl (C=O) groups excluding carboxylic acids is 1. The number of rotatable bonds is 6. The number of hydrogen-bond donors (Lipinski definition) is 1. The van der Waals surface area contributed by atoms with Crippen molar-refractivity contribution in [2.24, 2.45) is 0 Å². The lowest BCUT2D eigenvalue weighted by Gasteiger charge is -2.36. The maximum Gasteiger partial charge on any atom is 0.254 e. The largest absolute Gasteiger partial charge is 0.368 e. The molecule has 1 aromatic heterocycles. The maximum atomic E-state index is 12.0. The number of unbranched alkanes of at least 4 members (excludes halogenated alkanes) is 1. The second kappa shape index (κ2) is 8.65. The Morgan fingerprint density at radius 3 is 2.46 bits per heavy atom. The molecule has 0 atom stereocenters. The number of carbonyl (C=O) groups is 1. The first-order valence-electron chi connectivity index (χ1n) is 9.34. The molecule has 6 heteroatoms. The molecule has 2 heterocycles. The second-order valence-electron chi connectivity index (χ2n) is 6.69. The van der Waals surface area contributed by atoms with Gasteiger partial charge in [0.05, 0.1) is 5.56 Å². The van der Waals surface area contributed by atoms with Gasteiger partial charge in [-0.2, -0.15) is 0 Å². The summed E-state index contributed by atoms with van der Waals surface area (Å²) >= 11 is 0. The molecule has 0 saturated carbocycles. The molecule has 0 bridgehead atoms. The van der Waals surface area contributed by atoms with Crippen LogP contribution in [-0.4, -0.2) is 48.6 Å². The topological polar surface area (TPSA) is 61.4 Å². The summed E-state index contributed by atoms with van der Waals surface area (Å²) in [5.74, 6) is 0.591. The van der Waals surface area contributed by atoms with Gasteiger partial charge in [-0.1, -0.05) is 25.5 Å². The summed E-state index contributed by atoms with van der Waals surface area (Å²) in [4.78, 5) is 25.4. The molecule has 1 fully saturated rings. The van der Waals surface area contributed by atoms with Crippen LogP contribution in [0.2, 0.25) is 0 Å². The van der Waals surface area contributed by atoms with Crippen LogP contribution < -0.4 is 15.1 Å². The summed E-state index contributed by atoms with van der Waals surface area (Å²) in [6.45, 7) is 8.53. The normalized spacial score (nSPS) is 14.4. The lowest BCUT2D eigenvalue weighted by molar-refractivity contribution is 0.0952. The van der Waals surface area contributed by atoms with Crippen LogP contribution in [0.15, 0.2) is 36.7 Å². The van der Waals surface area contributed by atoms with Crippen molar-refractivity contribution >= 4 is 17.5 Å². The highest BCUT2D eigenvalue weighted by molar-refractivity contribution is 5.93. The molecule has 0 radical (unpaired) electrons. The molecule has 138 valence electrons. The van der Waals surface area contributed by atoms with Crippen molar-refractivity contribution in [1.29, 1.82) is 0 Å². The zero-order valence-electron chi connectivity index (χ0n) is 15.6. The highest BCUT2D eigenvalue weighted by atomic mass is 16.1. The number of anilines is 2. The third-order valence-electron chi connectivity index (χ3n) is 4.65. The monoisotopic (exact) mass is 353 g/mol. The number of benzene rings is 1. The second-order valence-corrected chi connectivity index (χ2v) is 6.69. The highest BCUT2D eigenvalue weighted by Crippen LogP contribution is 2.19. The number of nitrogens with one attached hydrogen (secondary N) is 1. The van der Waals surface area contributed by atoms with Gasteiger partial charge in [-0.15, -0.1) is 0 Å². The van der Waals surface area contributed by atoms with Crippen molar-refractivity contribution in [2.75, 3.05) is 42.5 Å². The van der Waals surface area contributed by atoms with Crippen molar-refractivity contribution in [3.63, 3.8) is 0 Å². The van der Waals surface area contributed by atoms with Gasteiger partial charge >= 0.3 is 0 Å². The minimum Gasteiger partial charge on any atom is -0.368 e. The van der Waals surface area contributed by atoms with E-state index in [9.17, 15) is 4.79 Å². The Morgan fingerprint density at radius 1 is 1.12 bits per heavy atom. The number of nitrogens with zero attached hydrogens (tertiary/aromatic N) is 4. The van der Waals surface area contributed by atoms with Crippen molar-refractivity contribution in [2.45, 2.75) is 26.7 Å². The van der Waals surface area contributed by atoms with Crippen LogP contribution in [0.5, 0.6) is 0 Å². The van der Waals surface area contributed by atoms with Gasteiger partial charge in [0.15, 0.2) is 0 Å². The number of aryl methyl sites for hydroxylation is 1. The van der Waals surface area contributed by atoms with Gasteiger partial charge in [0, 0.05) is 50.8 Å². The zero-order chi connectivity index (χ0) is 18.4. The molecule has 1 amide bonds. The van der Waals surface area contributed by atoms with E-state index in [1.807, 2.05) is 0 Å². The summed E-state index contributed by atoms with van der Waals surface area (Å²) in [5, 5.41) is 2.89. The van der Waals surface area contributed by atoms with Crippen LogP contribution in [-0.2, 0) is 0 Å². The third kappa shape index (κ3) is 4.50. The molecule has 1 aromatic carbocycles. The van der Waals surface area contributed by atoms with E-state index in [-0.39, 0.29) is 5.91 Å². The number of aromatic nitrogens is 2. The zero-order valence-corrected chi connectivity index (χ0v) is 15.6. The van der Waals surface area contributed by atoms with Gasteiger partial charge < -0.3 is 15.1 Å². The van der Waals surface area contributed by atoms with Gasteiger partial charge in [0.1, 0.15) is 0 Å². The van der Waals surface area contributed by atoms with E-state index in [0.29, 0.717) is 18.1 Å². The molecule has 0 unspecified atom stereocenters. The van der Waals surface area contributed by atoms with Crippen molar-refractivity contribution in [3.05, 3.63) is 47.8 Å². The van der Waals surface area contributed by atoms with Crippen molar-refractivity contribution < 1.29 is 4.79 Å². The number of hydrogen-bond acceptors (Lipinski definition) is 5. The molecule has 26 heavy (non-hydrogen) atoms. The van der Waals surface area contributed by atoms with Gasteiger partial charge in [-0.25, -0.2) is 9.97 Å². The Morgan fingerprint density at radius 2 is 1.81 bits per heavy atom. The predicted molar refractivity (Wildman–Crippen MR) is 105 cm³/mol. The van der Waals surface area contributed by atoms with E-state index in [1.165, 1.54) is 11.3 Å². The highest BCUT2D eigenvalue weighted by Gasteiger charge is 2.19. The first-order valence-corrected chi connectivity index (χ1v) is 9.34. The Balaban J connectivity index is 1.55. The Labute approximate surface area is 155 Å². The smallest absolute Gasteiger partial charge is 0.254 e. The minimum absolute atomic E-state index is 0.103. The molecular weight excluding hydrogens is 326 g/mol. The molecule has 1 saturated heterocycles. The molecule has 3 rings (SSSR count). The minimum atomic E-state index is -0.103. The van der Waals surface area contributed by atoms with Crippen LogP contribution in [0.1, 0.15) is 35.7 Å².